The minimum absolute atomic E-state index is 0.0285. The maximum atomic E-state index is 14.3. The number of hydrogen-bond acceptors (Lipinski definition) is 6. The van der Waals surface area contributed by atoms with Crippen molar-refractivity contribution in [3.63, 3.8) is 0 Å². The average Bonchev–Trinajstić information content (AvgIpc) is 3.44. The number of benzene rings is 1. The van der Waals surface area contributed by atoms with Crippen LogP contribution in [-0.4, -0.2) is 42.4 Å². The molecule has 7 nitrogen and oxygen atoms in total. The first kappa shape index (κ1) is 26.2. The highest BCUT2D eigenvalue weighted by Crippen LogP contribution is 2.54. The summed E-state index contributed by atoms with van der Waals surface area (Å²) in [4.78, 5) is 42.2. The van der Waals surface area contributed by atoms with Crippen molar-refractivity contribution in [2.24, 2.45) is 5.92 Å². The summed E-state index contributed by atoms with van der Waals surface area (Å²) in [6.07, 6.45) is 7.00. The van der Waals surface area contributed by atoms with Crippen LogP contribution in [0.15, 0.2) is 48.4 Å². The van der Waals surface area contributed by atoms with Gasteiger partial charge in [-0.2, -0.15) is 0 Å². The monoisotopic (exact) mass is 526 g/mol. The first-order valence-corrected chi connectivity index (χ1v) is 13.2. The van der Waals surface area contributed by atoms with E-state index in [-0.39, 0.29) is 29.6 Å². The van der Waals surface area contributed by atoms with Crippen LogP contribution in [0.5, 0.6) is 0 Å². The van der Waals surface area contributed by atoms with Gasteiger partial charge in [0.05, 0.1) is 11.7 Å². The van der Waals surface area contributed by atoms with Gasteiger partial charge in [-0.15, -0.1) is 11.3 Å². The minimum atomic E-state index is -1.45. The molecular weight excluding hydrogens is 496 g/mol. The second kappa shape index (κ2) is 9.90. The Bertz CT molecular complexity index is 1240. The van der Waals surface area contributed by atoms with E-state index in [4.69, 9.17) is 11.6 Å². The van der Waals surface area contributed by atoms with Crippen molar-refractivity contribution in [1.82, 2.24) is 19.9 Å². The number of hydrogen-bond donors (Lipinski definition) is 1. The van der Waals surface area contributed by atoms with Crippen molar-refractivity contribution in [3.8, 4) is 0 Å². The van der Waals surface area contributed by atoms with Gasteiger partial charge in [-0.3, -0.25) is 14.8 Å². The first-order chi connectivity index (χ1) is 17.0. The molecule has 1 N–H and O–H groups in total. The summed E-state index contributed by atoms with van der Waals surface area (Å²) < 4.78 is 0. The van der Waals surface area contributed by atoms with E-state index in [1.807, 2.05) is 25.3 Å². The van der Waals surface area contributed by atoms with Crippen LogP contribution in [0.2, 0.25) is 5.02 Å². The summed E-state index contributed by atoms with van der Waals surface area (Å²) in [5.74, 6) is -1.77. The smallest absolute Gasteiger partial charge is 0.329 e. The van der Waals surface area contributed by atoms with E-state index < -0.39 is 17.6 Å². The highest BCUT2D eigenvalue weighted by Gasteiger charge is 2.60. The van der Waals surface area contributed by atoms with Gasteiger partial charge in [0.1, 0.15) is 10.5 Å². The quantitative estimate of drug-likeness (QED) is 0.415. The van der Waals surface area contributed by atoms with Crippen molar-refractivity contribution in [2.75, 3.05) is 0 Å². The molecule has 0 spiro atoms. The van der Waals surface area contributed by atoms with Crippen LogP contribution in [0.25, 0.3) is 0 Å². The Balaban J connectivity index is 1.91. The third-order valence-corrected chi connectivity index (χ3v) is 7.89. The normalized spacial score (nSPS) is 22.2. The van der Waals surface area contributed by atoms with E-state index >= 15 is 0 Å². The number of likely N-dealkylation sites (tertiary alicyclic amines) is 1. The summed E-state index contributed by atoms with van der Waals surface area (Å²) in [6.45, 7) is 10.1. The maximum Gasteiger partial charge on any atom is 0.329 e. The van der Waals surface area contributed by atoms with E-state index in [1.165, 1.54) is 16.2 Å². The SMILES string of the molecule is CC(C)C[C@@]1(C(=O)O)C[C@H](c2cnccn2)[C@H](c2nccs2)N1C(=O)c1ccc(C(C)(C)C)c(Cl)c1. The molecule has 1 saturated heterocycles. The largest absolute Gasteiger partial charge is 0.479 e. The number of carboxylic acids is 1. The molecule has 36 heavy (non-hydrogen) atoms. The van der Waals surface area contributed by atoms with Gasteiger partial charge in [-0.25, -0.2) is 9.78 Å². The summed E-state index contributed by atoms with van der Waals surface area (Å²) >= 11 is 8.03. The molecule has 1 aliphatic rings. The fourth-order valence-electron chi connectivity index (χ4n) is 5.30. The van der Waals surface area contributed by atoms with E-state index in [9.17, 15) is 14.7 Å². The highest BCUT2D eigenvalue weighted by atomic mass is 35.5. The lowest BCUT2D eigenvalue weighted by atomic mass is 9.83. The van der Waals surface area contributed by atoms with Crippen molar-refractivity contribution in [1.29, 1.82) is 0 Å². The molecule has 0 unspecified atom stereocenters. The second-order valence-electron chi connectivity index (χ2n) is 10.8. The average molecular weight is 527 g/mol. The predicted octanol–water partition coefficient (Wildman–Crippen LogP) is 6.12. The Morgan fingerprint density at radius 2 is 1.97 bits per heavy atom. The molecule has 0 aliphatic carbocycles. The molecule has 1 fully saturated rings. The number of carboxylic acid groups (broad SMARTS) is 1. The Hall–Kier alpha value is -2.84. The second-order valence-corrected chi connectivity index (χ2v) is 12.1. The van der Waals surface area contributed by atoms with Crippen LogP contribution >= 0.6 is 22.9 Å². The van der Waals surface area contributed by atoms with Gasteiger partial charge in [-0.1, -0.05) is 52.3 Å². The number of aromatic nitrogens is 3. The van der Waals surface area contributed by atoms with Crippen LogP contribution < -0.4 is 0 Å². The number of aliphatic carboxylic acids is 1. The summed E-state index contributed by atoms with van der Waals surface area (Å²) in [7, 11) is 0. The molecule has 1 amide bonds. The van der Waals surface area contributed by atoms with Gasteiger partial charge in [0, 0.05) is 46.7 Å². The number of rotatable bonds is 6. The fourth-order valence-corrected chi connectivity index (χ4v) is 6.56. The molecule has 2 aromatic heterocycles. The first-order valence-electron chi connectivity index (χ1n) is 12.0. The van der Waals surface area contributed by atoms with E-state index in [1.54, 1.807) is 36.9 Å². The van der Waals surface area contributed by atoms with E-state index in [0.29, 0.717) is 27.7 Å². The number of halogens is 1. The zero-order chi connectivity index (χ0) is 26.3. The lowest BCUT2D eigenvalue weighted by molar-refractivity contribution is -0.150. The molecule has 0 bridgehead atoms. The van der Waals surface area contributed by atoms with Gasteiger partial charge in [-0.05, 0) is 41.9 Å². The van der Waals surface area contributed by atoms with E-state index in [2.05, 4.69) is 35.7 Å². The highest BCUT2D eigenvalue weighted by molar-refractivity contribution is 7.09. The third-order valence-electron chi connectivity index (χ3n) is 6.73. The standard InChI is InChI=1S/C27H31ClN4O3S/c1-16(2)13-27(25(34)35)14-18(21-15-29-8-9-30-21)22(23-31-10-11-36-23)32(27)24(33)17-6-7-19(20(28)12-17)26(3,4)5/h6-12,15-16,18,22H,13-14H2,1-5H3,(H,34,35)/t18-,22-,27+/m1/s1. The number of amides is 1. The van der Waals surface area contributed by atoms with Crippen molar-refractivity contribution in [2.45, 2.75) is 70.4 Å². The molecule has 3 aromatic rings. The zero-order valence-electron chi connectivity index (χ0n) is 21.1. The molecule has 190 valence electrons. The summed E-state index contributed by atoms with van der Waals surface area (Å²) in [5.41, 5.74) is 0.267. The number of carbonyl (C=O) groups is 2. The molecule has 1 aliphatic heterocycles. The van der Waals surface area contributed by atoms with Crippen molar-refractivity contribution in [3.05, 3.63) is 75.2 Å². The molecule has 0 saturated carbocycles. The minimum Gasteiger partial charge on any atom is -0.479 e. The number of nitrogens with zero attached hydrogens (tertiary/aromatic N) is 4. The van der Waals surface area contributed by atoms with Crippen LogP contribution in [0, 0.1) is 5.92 Å². The van der Waals surface area contributed by atoms with Gasteiger partial charge in [0.25, 0.3) is 5.91 Å². The molecule has 9 heteroatoms. The topological polar surface area (TPSA) is 96.3 Å². The number of thiazole rings is 1. The zero-order valence-corrected chi connectivity index (χ0v) is 22.7. The maximum absolute atomic E-state index is 14.3. The fraction of sp³-hybridized carbons (Fsp3) is 0.444. The molecule has 1 aromatic carbocycles. The lowest BCUT2D eigenvalue weighted by Gasteiger charge is -2.39. The van der Waals surface area contributed by atoms with Crippen LogP contribution in [0.4, 0.5) is 0 Å². The van der Waals surface area contributed by atoms with Gasteiger partial charge < -0.3 is 10.0 Å². The molecular formula is C27H31ClN4O3S. The third kappa shape index (κ3) is 4.76. The Morgan fingerprint density at radius 1 is 1.22 bits per heavy atom. The van der Waals surface area contributed by atoms with Crippen molar-refractivity contribution < 1.29 is 14.7 Å². The van der Waals surface area contributed by atoms with Crippen LogP contribution in [0.3, 0.4) is 0 Å². The Kier molecular flexibility index (Phi) is 7.21. The molecule has 3 heterocycles. The molecule has 4 rings (SSSR count). The van der Waals surface area contributed by atoms with E-state index in [0.717, 1.165) is 5.56 Å². The van der Waals surface area contributed by atoms with Crippen LogP contribution in [-0.2, 0) is 10.2 Å². The van der Waals surface area contributed by atoms with Gasteiger partial charge in [0.2, 0.25) is 0 Å². The van der Waals surface area contributed by atoms with Gasteiger partial charge >= 0.3 is 5.97 Å². The Morgan fingerprint density at radius 3 is 2.50 bits per heavy atom. The summed E-state index contributed by atoms with van der Waals surface area (Å²) in [5, 5.41) is 13.7. The summed E-state index contributed by atoms with van der Waals surface area (Å²) in [6, 6.07) is 4.65. The van der Waals surface area contributed by atoms with Gasteiger partial charge in [0.15, 0.2) is 0 Å². The lowest BCUT2D eigenvalue weighted by Crippen LogP contribution is -2.54. The molecule has 0 radical (unpaired) electrons. The number of carbonyl (C=O) groups excluding carboxylic acids is 1. The predicted molar refractivity (Wildman–Crippen MR) is 140 cm³/mol. The van der Waals surface area contributed by atoms with Crippen LogP contribution in [0.1, 0.15) is 86.0 Å². The molecule has 3 atom stereocenters. The van der Waals surface area contributed by atoms with Crippen molar-refractivity contribution >= 4 is 34.8 Å². The Labute approximate surface area is 220 Å².